The van der Waals surface area contributed by atoms with Gasteiger partial charge in [-0.3, -0.25) is 0 Å². The van der Waals surface area contributed by atoms with Crippen LogP contribution in [-0.4, -0.2) is 36.0 Å². The largest absolute Gasteiger partial charge is 0.336 e. The minimum absolute atomic E-state index is 0.220. The van der Waals surface area contributed by atoms with Crippen LogP contribution in [0.4, 0.5) is 0 Å². The molecule has 0 aliphatic carbocycles. The third kappa shape index (κ3) is 2.55. The first kappa shape index (κ1) is 14.5. The van der Waals surface area contributed by atoms with Crippen LogP contribution in [0.25, 0.3) is 11.1 Å². The number of pyridine rings is 1. The van der Waals surface area contributed by atoms with Crippen molar-refractivity contribution >= 4 is 21.1 Å². The number of aromatic nitrogens is 2. The molecule has 0 unspecified atom stereocenters. The number of fused-ring (bicyclic) bond motifs is 1. The van der Waals surface area contributed by atoms with Crippen LogP contribution in [0.3, 0.4) is 0 Å². The number of sulfonamides is 1. The maximum Gasteiger partial charge on any atom is 0.257 e. The second kappa shape index (κ2) is 5.38. The van der Waals surface area contributed by atoms with Gasteiger partial charge in [0.25, 0.3) is 5.71 Å². The van der Waals surface area contributed by atoms with E-state index < -0.39 is 10.0 Å². The maximum absolute atomic E-state index is 12.8. The van der Waals surface area contributed by atoms with Crippen molar-refractivity contribution in [1.29, 1.82) is 0 Å². The molecule has 0 radical (unpaired) electrons. The van der Waals surface area contributed by atoms with Crippen molar-refractivity contribution in [3.05, 3.63) is 18.0 Å². The smallest absolute Gasteiger partial charge is 0.257 e. The summed E-state index contributed by atoms with van der Waals surface area (Å²) in [6.07, 6.45) is 4.39. The van der Waals surface area contributed by atoms with Crippen molar-refractivity contribution in [2.24, 2.45) is 5.92 Å². The Morgan fingerprint density at radius 3 is 3.05 bits per heavy atom. The van der Waals surface area contributed by atoms with Crippen molar-refractivity contribution in [1.82, 2.24) is 14.4 Å². The van der Waals surface area contributed by atoms with Gasteiger partial charge in [0.05, 0.1) is 17.3 Å². The minimum Gasteiger partial charge on any atom is -0.336 e. The van der Waals surface area contributed by atoms with E-state index in [-0.39, 0.29) is 4.90 Å². The standard InChI is InChI=1S/C14H19N3O3S/c1-3-11-5-4-6-17(9-11)21(18,19)12-7-13-10(2)16-20-14(13)15-8-12/h7-8,11H,3-6,9H2,1-2H3/t11-/m0/s1. The van der Waals surface area contributed by atoms with Crippen molar-refractivity contribution in [3.8, 4) is 0 Å². The zero-order valence-corrected chi connectivity index (χ0v) is 13.1. The molecule has 2 aromatic rings. The summed E-state index contributed by atoms with van der Waals surface area (Å²) < 4.78 is 32.1. The monoisotopic (exact) mass is 309 g/mol. The van der Waals surface area contributed by atoms with Crippen LogP contribution in [-0.2, 0) is 10.0 Å². The zero-order valence-electron chi connectivity index (χ0n) is 12.2. The Kier molecular flexibility index (Phi) is 3.71. The van der Waals surface area contributed by atoms with E-state index in [0.717, 1.165) is 19.3 Å². The number of aryl methyl sites for hydroxylation is 1. The molecule has 7 heteroatoms. The molecule has 3 rings (SSSR count). The third-order valence-corrected chi connectivity index (χ3v) is 6.01. The quantitative estimate of drug-likeness (QED) is 0.869. The summed E-state index contributed by atoms with van der Waals surface area (Å²) in [5.41, 5.74) is 1.02. The molecule has 3 heterocycles. The van der Waals surface area contributed by atoms with Crippen LogP contribution < -0.4 is 0 Å². The Balaban J connectivity index is 1.97. The van der Waals surface area contributed by atoms with Gasteiger partial charge in [-0.1, -0.05) is 18.5 Å². The number of nitrogens with zero attached hydrogens (tertiary/aromatic N) is 3. The molecule has 0 N–H and O–H groups in total. The molecule has 114 valence electrons. The predicted molar refractivity (Wildman–Crippen MR) is 78.3 cm³/mol. The van der Waals surface area contributed by atoms with E-state index in [9.17, 15) is 8.42 Å². The van der Waals surface area contributed by atoms with Crippen LogP contribution in [0.2, 0.25) is 0 Å². The topological polar surface area (TPSA) is 76.3 Å². The Labute approximate surface area is 124 Å². The van der Waals surface area contributed by atoms with E-state index in [0.29, 0.717) is 35.8 Å². The summed E-state index contributed by atoms with van der Waals surface area (Å²) in [6, 6.07) is 1.61. The van der Waals surface area contributed by atoms with Gasteiger partial charge >= 0.3 is 0 Å². The molecular weight excluding hydrogens is 290 g/mol. The molecule has 1 aliphatic rings. The molecule has 21 heavy (non-hydrogen) atoms. The lowest BCUT2D eigenvalue weighted by Crippen LogP contribution is -2.39. The average molecular weight is 309 g/mol. The molecule has 1 atom stereocenters. The van der Waals surface area contributed by atoms with Gasteiger partial charge in [-0.05, 0) is 31.7 Å². The first-order valence-electron chi connectivity index (χ1n) is 7.24. The highest BCUT2D eigenvalue weighted by molar-refractivity contribution is 7.89. The Bertz CT molecular complexity index is 754. The lowest BCUT2D eigenvalue weighted by molar-refractivity contribution is 0.261. The first-order chi connectivity index (χ1) is 10.0. The molecule has 1 aliphatic heterocycles. The fourth-order valence-corrected chi connectivity index (χ4v) is 4.32. The van der Waals surface area contributed by atoms with Gasteiger partial charge in [0, 0.05) is 13.1 Å². The van der Waals surface area contributed by atoms with Crippen LogP contribution in [0.5, 0.6) is 0 Å². The van der Waals surface area contributed by atoms with Gasteiger partial charge in [-0.2, -0.15) is 4.31 Å². The highest BCUT2D eigenvalue weighted by Crippen LogP contribution is 2.27. The van der Waals surface area contributed by atoms with Crippen LogP contribution in [0.15, 0.2) is 21.7 Å². The normalized spacial score (nSPS) is 21.0. The highest BCUT2D eigenvalue weighted by Gasteiger charge is 2.30. The van der Waals surface area contributed by atoms with Gasteiger partial charge in [-0.15, -0.1) is 0 Å². The number of piperidine rings is 1. The Hall–Kier alpha value is -1.47. The molecule has 1 saturated heterocycles. The van der Waals surface area contributed by atoms with E-state index in [1.54, 1.807) is 17.3 Å². The molecule has 0 spiro atoms. The lowest BCUT2D eigenvalue weighted by atomic mass is 9.97. The molecule has 2 aromatic heterocycles. The number of hydrogen-bond donors (Lipinski definition) is 0. The SMILES string of the molecule is CC[C@H]1CCCN(S(=O)(=O)c2cnc3onc(C)c3c2)C1. The molecule has 1 fully saturated rings. The fourth-order valence-electron chi connectivity index (χ4n) is 2.79. The summed E-state index contributed by atoms with van der Waals surface area (Å²) in [6.45, 7) is 5.06. The summed E-state index contributed by atoms with van der Waals surface area (Å²) >= 11 is 0. The van der Waals surface area contributed by atoms with Crippen LogP contribution >= 0.6 is 0 Å². The van der Waals surface area contributed by atoms with Crippen LogP contribution in [0, 0.1) is 12.8 Å². The summed E-state index contributed by atoms with van der Waals surface area (Å²) in [5, 5.41) is 4.46. The van der Waals surface area contributed by atoms with Gasteiger partial charge in [0.2, 0.25) is 10.0 Å². The van der Waals surface area contributed by atoms with E-state index in [1.807, 2.05) is 0 Å². The molecule has 0 bridgehead atoms. The molecule has 0 amide bonds. The number of rotatable bonds is 3. The van der Waals surface area contributed by atoms with E-state index in [1.165, 1.54) is 6.20 Å². The lowest BCUT2D eigenvalue weighted by Gasteiger charge is -2.31. The van der Waals surface area contributed by atoms with Crippen molar-refractivity contribution in [3.63, 3.8) is 0 Å². The molecule has 0 aromatic carbocycles. The zero-order chi connectivity index (χ0) is 15.0. The van der Waals surface area contributed by atoms with Crippen molar-refractivity contribution in [2.45, 2.75) is 38.0 Å². The summed E-state index contributed by atoms with van der Waals surface area (Å²) in [4.78, 5) is 4.29. The van der Waals surface area contributed by atoms with Crippen molar-refractivity contribution < 1.29 is 12.9 Å². The third-order valence-electron chi connectivity index (χ3n) is 4.18. The Morgan fingerprint density at radius 2 is 2.29 bits per heavy atom. The van der Waals surface area contributed by atoms with Crippen LogP contribution in [0.1, 0.15) is 31.9 Å². The molecule has 6 nitrogen and oxygen atoms in total. The molecule has 0 saturated carbocycles. The van der Waals surface area contributed by atoms with Gasteiger partial charge in [0.1, 0.15) is 4.90 Å². The highest BCUT2D eigenvalue weighted by atomic mass is 32.2. The number of hydrogen-bond acceptors (Lipinski definition) is 5. The predicted octanol–water partition coefficient (Wildman–Crippen LogP) is 2.34. The summed E-state index contributed by atoms with van der Waals surface area (Å²) in [5.74, 6) is 0.447. The van der Waals surface area contributed by atoms with E-state index in [2.05, 4.69) is 17.1 Å². The first-order valence-corrected chi connectivity index (χ1v) is 8.68. The van der Waals surface area contributed by atoms with Gasteiger partial charge in [-0.25, -0.2) is 13.4 Å². The Morgan fingerprint density at radius 1 is 1.48 bits per heavy atom. The minimum atomic E-state index is -3.49. The maximum atomic E-state index is 12.8. The fraction of sp³-hybridized carbons (Fsp3) is 0.571. The van der Waals surface area contributed by atoms with Gasteiger partial charge < -0.3 is 4.52 Å². The second-order valence-electron chi connectivity index (χ2n) is 5.57. The van der Waals surface area contributed by atoms with Crippen molar-refractivity contribution in [2.75, 3.05) is 13.1 Å². The second-order valence-corrected chi connectivity index (χ2v) is 7.51. The van der Waals surface area contributed by atoms with E-state index in [4.69, 9.17) is 4.52 Å². The van der Waals surface area contributed by atoms with Gasteiger partial charge in [0.15, 0.2) is 0 Å². The summed E-state index contributed by atoms with van der Waals surface area (Å²) in [7, 11) is -3.49. The van der Waals surface area contributed by atoms with E-state index >= 15 is 0 Å². The molecular formula is C14H19N3O3S. The average Bonchev–Trinajstić information content (AvgIpc) is 2.88.